The first-order valence-electron chi connectivity index (χ1n) is 9.63. The van der Waals surface area contributed by atoms with E-state index in [1.54, 1.807) is 6.07 Å². The number of hydrogen-bond acceptors (Lipinski definition) is 3. The summed E-state index contributed by atoms with van der Waals surface area (Å²) in [7, 11) is 0. The zero-order valence-corrected chi connectivity index (χ0v) is 15.0. The predicted octanol–water partition coefficient (Wildman–Crippen LogP) is 2.55. The first-order valence-corrected chi connectivity index (χ1v) is 9.63. The van der Waals surface area contributed by atoms with Gasteiger partial charge in [-0.1, -0.05) is 18.6 Å². The summed E-state index contributed by atoms with van der Waals surface area (Å²) in [6.45, 7) is 2.77. The highest BCUT2D eigenvalue weighted by Crippen LogP contribution is 2.38. The largest absolute Gasteiger partial charge is 0.389 e. The maximum absolute atomic E-state index is 14.0. The van der Waals surface area contributed by atoms with Crippen LogP contribution in [0.1, 0.15) is 37.7 Å². The van der Waals surface area contributed by atoms with Gasteiger partial charge in [-0.25, -0.2) is 8.78 Å². The minimum atomic E-state index is -0.828. The van der Waals surface area contributed by atoms with Crippen molar-refractivity contribution in [3.05, 3.63) is 35.4 Å². The lowest BCUT2D eigenvalue weighted by Crippen LogP contribution is -2.61. The minimum Gasteiger partial charge on any atom is -0.389 e. The number of nitrogens with zero attached hydrogens (tertiary/aromatic N) is 2. The van der Waals surface area contributed by atoms with E-state index in [0.717, 1.165) is 25.3 Å². The van der Waals surface area contributed by atoms with Gasteiger partial charge in [0.2, 0.25) is 5.91 Å². The Labute approximate surface area is 152 Å². The van der Waals surface area contributed by atoms with E-state index < -0.39 is 17.2 Å². The number of amides is 1. The fraction of sp³-hybridized carbons (Fsp3) is 0.650. The summed E-state index contributed by atoms with van der Waals surface area (Å²) < 4.78 is 27.4. The lowest BCUT2D eigenvalue weighted by Gasteiger charge is -2.51. The number of benzene rings is 1. The van der Waals surface area contributed by atoms with Crippen LogP contribution in [0.3, 0.4) is 0 Å². The van der Waals surface area contributed by atoms with Crippen LogP contribution in [-0.4, -0.2) is 52.6 Å². The zero-order chi connectivity index (χ0) is 18.3. The van der Waals surface area contributed by atoms with Gasteiger partial charge in [0.05, 0.1) is 5.60 Å². The van der Waals surface area contributed by atoms with Crippen molar-refractivity contribution < 1.29 is 18.7 Å². The van der Waals surface area contributed by atoms with E-state index in [9.17, 15) is 18.7 Å². The van der Waals surface area contributed by atoms with Crippen LogP contribution >= 0.6 is 0 Å². The van der Waals surface area contributed by atoms with Crippen LogP contribution in [0.15, 0.2) is 18.2 Å². The molecule has 2 atom stereocenters. The molecular formula is C20H26F2N2O2. The van der Waals surface area contributed by atoms with Crippen LogP contribution in [0.25, 0.3) is 0 Å². The van der Waals surface area contributed by atoms with Crippen molar-refractivity contribution in [3.8, 4) is 0 Å². The summed E-state index contributed by atoms with van der Waals surface area (Å²) in [5.74, 6) is -1.26. The minimum absolute atomic E-state index is 0.0364. The van der Waals surface area contributed by atoms with E-state index in [1.165, 1.54) is 6.07 Å². The van der Waals surface area contributed by atoms with Gasteiger partial charge in [0.25, 0.3) is 0 Å². The molecule has 1 N–H and O–H groups in total. The highest BCUT2D eigenvalue weighted by atomic mass is 19.2. The molecule has 0 unspecified atom stereocenters. The van der Waals surface area contributed by atoms with Gasteiger partial charge in [-0.3, -0.25) is 9.69 Å². The van der Waals surface area contributed by atoms with Crippen LogP contribution in [0.2, 0.25) is 0 Å². The van der Waals surface area contributed by atoms with Crippen LogP contribution in [0.5, 0.6) is 0 Å². The Balaban J connectivity index is 1.43. The normalized spacial score (nSPS) is 30.0. The van der Waals surface area contributed by atoms with E-state index in [0.29, 0.717) is 51.1 Å². The van der Waals surface area contributed by atoms with Crippen LogP contribution in [-0.2, 0) is 11.3 Å². The molecule has 1 amide bonds. The summed E-state index contributed by atoms with van der Waals surface area (Å²) in [4.78, 5) is 16.5. The third kappa shape index (κ3) is 3.25. The van der Waals surface area contributed by atoms with Crippen molar-refractivity contribution in [2.75, 3.05) is 26.2 Å². The van der Waals surface area contributed by atoms with E-state index >= 15 is 0 Å². The van der Waals surface area contributed by atoms with Gasteiger partial charge < -0.3 is 10.0 Å². The van der Waals surface area contributed by atoms with E-state index in [-0.39, 0.29) is 17.7 Å². The molecule has 1 aromatic carbocycles. The van der Waals surface area contributed by atoms with Crippen LogP contribution in [0, 0.1) is 23.5 Å². The number of hydrogen-bond donors (Lipinski definition) is 1. The van der Waals surface area contributed by atoms with Crippen molar-refractivity contribution in [1.29, 1.82) is 0 Å². The lowest BCUT2D eigenvalue weighted by atomic mass is 9.74. The van der Waals surface area contributed by atoms with E-state index in [2.05, 4.69) is 4.90 Å². The quantitative estimate of drug-likeness (QED) is 0.897. The summed E-state index contributed by atoms with van der Waals surface area (Å²) in [5.41, 5.74) is -0.401. The molecule has 0 bridgehead atoms. The molecule has 1 saturated carbocycles. The van der Waals surface area contributed by atoms with Crippen molar-refractivity contribution in [1.82, 2.24) is 9.80 Å². The Hall–Kier alpha value is -1.53. The molecule has 0 spiro atoms. The topological polar surface area (TPSA) is 43.8 Å². The van der Waals surface area contributed by atoms with Crippen LogP contribution in [0.4, 0.5) is 8.78 Å². The van der Waals surface area contributed by atoms with Gasteiger partial charge in [0, 0.05) is 50.1 Å². The second-order valence-corrected chi connectivity index (χ2v) is 8.16. The van der Waals surface area contributed by atoms with Gasteiger partial charge in [-0.15, -0.1) is 0 Å². The Morgan fingerprint density at radius 3 is 2.69 bits per heavy atom. The summed E-state index contributed by atoms with van der Waals surface area (Å²) >= 11 is 0. The number of aliphatic hydroxyl groups is 1. The Morgan fingerprint density at radius 2 is 1.96 bits per heavy atom. The highest BCUT2D eigenvalue weighted by Gasteiger charge is 2.46. The maximum atomic E-state index is 14.0. The molecule has 0 radical (unpaired) electrons. The molecular weight excluding hydrogens is 338 g/mol. The first kappa shape index (κ1) is 17.9. The maximum Gasteiger partial charge on any atom is 0.225 e. The summed E-state index contributed by atoms with van der Waals surface area (Å²) in [6.07, 6.45) is 4.31. The van der Waals surface area contributed by atoms with Crippen molar-refractivity contribution in [2.24, 2.45) is 11.8 Å². The smallest absolute Gasteiger partial charge is 0.225 e. The zero-order valence-electron chi connectivity index (χ0n) is 15.0. The summed E-state index contributed by atoms with van der Waals surface area (Å²) in [5, 5.41) is 11.0. The number of carbonyl (C=O) groups excluding carboxylic acids is 1. The van der Waals surface area contributed by atoms with Crippen molar-refractivity contribution in [3.63, 3.8) is 0 Å². The molecule has 3 fully saturated rings. The van der Waals surface area contributed by atoms with Gasteiger partial charge in [-0.05, 0) is 31.7 Å². The lowest BCUT2D eigenvalue weighted by molar-refractivity contribution is -0.153. The average molecular weight is 364 g/mol. The van der Waals surface area contributed by atoms with E-state index in [1.807, 2.05) is 4.90 Å². The van der Waals surface area contributed by atoms with Gasteiger partial charge in [0.15, 0.2) is 11.6 Å². The molecule has 2 saturated heterocycles. The Morgan fingerprint density at radius 1 is 1.19 bits per heavy atom. The van der Waals surface area contributed by atoms with E-state index in [4.69, 9.17) is 0 Å². The highest BCUT2D eigenvalue weighted by molar-refractivity contribution is 5.79. The third-order valence-electron chi connectivity index (χ3n) is 6.55. The molecule has 2 aliphatic heterocycles. The number of halogens is 2. The first-order chi connectivity index (χ1) is 12.5. The monoisotopic (exact) mass is 364 g/mol. The molecule has 0 aromatic heterocycles. The SMILES string of the molecule is O=C(C1CCC1)N1CC[C@]2(O)CCN(Cc3cccc(F)c3F)C[C@@H]2C1. The molecule has 26 heavy (non-hydrogen) atoms. The third-order valence-corrected chi connectivity index (χ3v) is 6.55. The fourth-order valence-corrected chi connectivity index (χ4v) is 4.54. The van der Waals surface area contributed by atoms with Gasteiger partial charge >= 0.3 is 0 Å². The number of carbonyl (C=O) groups is 1. The molecule has 142 valence electrons. The van der Waals surface area contributed by atoms with Crippen molar-refractivity contribution in [2.45, 2.75) is 44.2 Å². The van der Waals surface area contributed by atoms with Gasteiger partial charge in [-0.2, -0.15) is 0 Å². The molecule has 6 heteroatoms. The molecule has 2 heterocycles. The standard InChI is InChI=1S/C20H26F2N2O2/c21-17-6-2-5-15(18(17)22)11-23-9-7-20(26)8-10-24(13-16(20)12-23)19(25)14-3-1-4-14/h2,5-6,14,16,26H,1,3-4,7-13H2/t16-,20-/m1/s1. The molecule has 3 aliphatic rings. The second kappa shape index (κ2) is 6.89. The number of rotatable bonds is 3. The average Bonchev–Trinajstić information content (AvgIpc) is 2.57. The Bertz CT molecular complexity index is 694. The second-order valence-electron chi connectivity index (χ2n) is 8.16. The Kier molecular flexibility index (Phi) is 4.73. The molecule has 4 nitrogen and oxygen atoms in total. The predicted molar refractivity (Wildman–Crippen MR) is 93.2 cm³/mol. The molecule has 1 aliphatic carbocycles. The summed E-state index contributed by atoms with van der Waals surface area (Å²) in [6, 6.07) is 4.25. The van der Waals surface area contributed by atoms with Gasteiger partial charge in [0.1, 0.15) is 0 Å². The molecule has 4 rings (SSSR count). The number of piperidine rings is 2. The number of fused-ring (bicyclic) bond motifs is 1. The van der Waals surface area contributed by atoms with Crippen LogP contribution < -0.4 is 0 Å². The van der Waals surface area contributed by atoms with Crippen molar-refractivity contribution >= 4 is 5.91 Å². The number of likely N-dealkylation sites (tertiary alicyclic amines) is 2. The fourth-order valence-electron chi connectivity index (χ4n) is 4.54. The molecule has 1 aromatic rings.